The maximum atomic E-state index is 11.7. The Hall–Kier alpha value is -1.40. The van der Waals surface area contributed by atoms with E-state index in [1.807, 2.05) is 23.6 Å². The fourth-order valence-corrected chi connectivity index (χ4v) is 3.43. The van der Waals surface area contributed by atoms with E-state index in [0.29, 0.717) is 5.92 Å². The second-order valence-corrected chi connectivity index (χ2v) is 7.19. The van der Waals surface area contributed by atoms with Crippen molar-refractivity contribution < 1.29 is 14.3 Å². The minimum atomic E-state index is -0.109. The van der Waals surface area contributed by atoms with Crippen LogP contribution in [0.2, 0.25) is 0 Å². The molecule has 0 bridgehead atoms. The van der Waals surface area contributed by atoms with E-state index in [-0.39, 0.29) is 18.5 Å². The van der Waals surface area contributed by atoms with Crippen LogP contribution in [-0.2, 0) is 16.1 Å². The summed E-state index contributed by atoms with van der Waals surface area (Å²) in [6, 6.07) is 5.80. The molecule has 4 nitrogen and oxygen atoms in total. The van der Waals surface area contributed by atoms with Crippen molar-refractivity contribution in [3.63, 3.8) is 0 Å². The zero-order valence-electron chi connectivity index (χ0n) is 12.3. The molecule has 0 amide bonds. The van der Waals surface area contributed by atoms with E-state index < -0.39 is 0 Å². The van der Waals surface area contributed by atoms with Gasteiger partial charge in [0.15, 0.2) is 0 Å². The fraction of sp³-hybridized carbons (Fsp3) is 0.375. The van der Waals surface area contributed by atoms with E-state index in [1.54, 1.807) is 7.11 Å². The first kappa shape index (κ1) is 15.5. The number of nitrogens with zero attached hydrogens (tertiary/aromatic N) is 1. The Labute approximate surface area is 141 Å². The monoisotopic (exact) mass is 381 g/mol. The van der Waals surface area contributed by atoms with Crippen molar-refractivity contribution in [1.29, 1.82) is 0 Å². The molecule has 0 aliphatic heterocycles. The highest BCUT2D eigenvalue weighted by atomic mass is 79.9. The lowest BCUT2D eigenvalue weighted by molar-refractivity contribution is -0.146. The Bertz CT molecular complexity index is 700. The third-order valence-corrected chi connectivity index (χ3v) is 5.14. The van der Waals surface area contributed by atoms with Crippen molar-refractivity contribution in [3.05, 3.63) is 33.7 Å². The van der Waals surface area contributed by atoms with Gasteiger partial charge in [-0.3, -0.25) is 4.79 Å². The van der Waals surface area contributed by atoms with E-state index in [1.165, 1.54) is 11.3 Å². The Morgan fingerprint density at radius 1 is 1.50 bits per heavy atom. The molecule has 1 aromatic carbocycles. The predicted octanol–water partition coefficient (Wildman–Crippen LogP) is 4.28. The Morgan fingerprint density at radius 3 is 2.95 bits per heavy atom. The van der Waals surface area contributed by atoms with E-state index in [9.17, 15) is 4.79 Å². The number of methoxy groups -OCH3 is 1. The van der Waals surface area contributed by atoms with Crippen LogP contribution in [0.5, 0.6) is 5.75 Å². The van der Waals surface area contributed by atoms with Gasteiger partial charge < -0.3 is 9.47 Å². The predicted molar refractivity (Wildman–Crippen MR) is 88.9 cm³/mol. The van der Waals surface area contributed by atoms with Crippen LogP contribution >= 0.6 is 27.3 Å². The molecular weight excluding hydrogens is 366 g/mol. The maximum Gasteiger partial charge on any atom is 0.309 e. The minimum Gasteiger partial charge on any atom is -0.496 e. The molecule has 0 saturated heterocycles. The number of esters is 1. The summed E-state index contributed by atoms with van der Waals surface area (Å²) < 4.78 is 11.7. The standard InChI is InChI=1S/C16H16BrNO3S/c1-9-5-12(9)16(19)21-7-11-8-22-15(18-11)13-6-10(17)3-4-14(13)20-2/h3-4,6,8-9,12H,5,7H2,1-2H3/t9-,12-/m0/s1. The topological polar surface area (TPSA) is 48.4 Å². The first-order valence-corrected chi connectivity index (χ1v) is 8.70. The van der Waals surface area contributed by atoms with Gasteiger partial charge in [-0.25, -0.2) is 4.98 Å². The number of benzene rings is 1. The van der Waals surface area contributed by atoms with E-state index in [2.05, 4.69) is 27.8 Å². The van der Waals surface area contributed by atoms with Crippen LogP contribution in [0.25, 0.3) is 10.6 Å². The molecule has 2 aromatic rings. The number of ether oxygens (including phenoxy) is 2. The van der Waals surface area contributed by atoms with Gasteiger partial charge in [0.25, 0.3) is 0 Å². The SMILES string of the molecule is COc1ccc(Br)cc1-c1nc(COC(=O)[C@H]2C[C@@H]2C)cs1. The van der Waals surface area contributed by atoms with Crippen molar-refractivity contribution >= 4 is 33.2 Å². The van der Waals surface area contributed by atoms with E-state index in [0.717, 1.165) is 32.9 Å². The van der Waals surface area contributed by atoms with Gasteiger partial charge in [0.1, 0.15) is 17.4 Å². The number of aromatic nitrogens is 1. The number of thiazole rings is 1. The van der Waals surface area contributed by atoms with Crippen molar-refractivity contribution in [2.24, 2.45) is 11.8 Å². The summed E-state index contributed by atoms with van der Waals surface area (Å²) in [5, 5.41) is 2.77. The number of hydrogen-bond acceptors (Lipinski definition) is 5. The first-order valence-electron chi connectivity index (χ1n) is 7.03. The van der Waals surface area contributed by atoms with Crippen molar-refractivity contribution in [1.82, 2.24) is 4.98 Å². The van der Waals surface area contributed by atoms with Gasteiger partial charge in [-0.1, -0.05) is 22.9 Å². The van der Waals surface area contributed by atoms with Crippen LogP contribution in [-0.4, -0.2) is 18.1 Å². The Balaban J connectivity index is 1.71. The maximum absolute atomic E-state index is 11.7. The lowest BCUT2D eigenvalue weighted by Gasteiger charge is -2.06. The number of rotatable bonds is 5. The molecule has 1 heterocycles. The third-order valence-electron chi connectivity index (χ3n) is 3.72. The zero-order valence-corrected chi connectivity index (χ0v) is 14.7. The third kappa shape index (κ3) is 3.33. The summed E-state index contributed by atoms with van der Waals surface area (Å²) >= 11 is 4.97. The van der Waals surface area contributed by atoms with E-state index >= 15 is 0 Å². The molecule has 0 radical (unpaired) electrons. The van der Waals surface area contributed by atoms with Gasteiger partial charge in [-0.2, -0.15) is 0 Å². The van der Waals surface area contributed by atoms with Gasteiger partial charge in [0.05, 0.1) is 24.3 Å². The van der Waals surface area contributed by atoms with Crippen LogP contribution in [0.1, 0.15) is 19.0 Å². The quantitative estimate of drug-likeness (QED) is 0.725. The first-order chi connectivity index (χ1) is 10.6. The average molecular weight is 382 g/mol. The molecule has 0 N–H and O–H groups in total. The highest BCUT2D eigenvalue weighted by Gasteiger charge is 2.40. The van der Waals surface area contributed by atoms with Gasteiger partial charge in [0.2, 0.25) is 0 Å². The Morgan fingerprint density at radius 2 is 2.27 bits per heavy atom. The lowest BCUT2D eigenvalue weighted by atomic mass is 10.2. The molecule has 22 heavy (non-hydrogen) atoms. The van der Waals surface area contributed by atoms with Gasteiger partial charge in [-0.05, 0) is 30.5 Å². The highest BCUT2D eigenvalue weighted by Crippen LogP contribution is 2.39. The van der Waals surface area contributed by atoms with Crippen LogP contribution in [0.4, 0.5) is 0 Å². The summed E-state index contributed by atoms with van der Waals surface area (Å²) in [5.41, 5.74) is 1.69. The number of halogens is 1. The number of carbonyl (C=O) groups is 1. The molecule has 0 unspecified atom stereocenters. The van der Waals surface area contributed by atoms with Crippen LogP contribution in [0, 0.1) is 11.8 Å². The zero-order chi connectivity index (χ0) is 15.7. The normalized spacial score (nSPS) is 19.8. The molecule has 0 spiro atoms. The van der Waals surface area contributed by atoms with Crippen molar-refractivity contribution in [2.75, 3.05) is 7.11 Å². The van der Waals surface area contributed by atoms with Crippen LogP contribution < -0.4 is 4.74 Å². The summed E-state index contributed by atoms with van der Waals surface area (Å²) in [4.78, 5) is 16.3. The summed E-state index contributed by atoms with van der Waals surface area (Å²) in [6.07, 6.45) is 0.941. The molecule has 3 rings (SSSR count). The molecule has 6 heteroatoms. The molecule has 1 aliphatic rings. The molecule has 1 saturated carbocycles. The molecule has 1 aliphatic carbocycles. The molecule has 1 aromatic heterocycles. The van der Waals surface area contributed by atoms with Crippen molar-refractivity contribution in [2.45, 2.75) is 20.0 Å². The smallest absolute Gasteiger partial charge is 0.309 e. The fourth-order valence-electron chi connectivity index (χ4n) is 2.25. The summed E-state index contributed by atoms with van der Waals surface area (Å²) in [5.74, 6) is 1.21. The van der Waals surface area contributed by atoms with E-state index in [4.69, 9.17) is 9.47 Å². The van der Waals surface area contributed by atoms with Crippen molar-refractivity contribution in [3.8, 4) is 16.3 Å². The lowest BCUT2D eigenvalue weighted by Crippen LogP contribution is -2.07. The van der Waals surface area contributed by atoms with Gasteiger partial charge >= 0.3 is 5.97 Å². The van der Waals surface area contributed by atoms with Gasteiger partial charge in [0, 0.05) is 9.85 Å². The summed E-state index contributed by atoms with van der Waals surface area (Å²) in [6.45, 7) is 2.29. The number of hydrogen-bond donors (Lipinski definition) is 0. The molecule has 2 atom stereocenters. The van der Waals surface area contributed by atoms with Gasteiger partial charge in [-0.15, -0.1) is 11.3 Å². The highest BCUT2D eigenvalue weighted by molar-refractivity contribution is 9.10. The number of carbonyl (C=O) groups excluding carboxylic acids is 1. The molecule has 116 valence electrons. The largest absolute Gasteiger partial charge is 0.496 e. The Kier molecular flexibility index (Phi) is 4.49. The molecular formula is C16H16BrNO3S. The molecule has 1 fully saturated rings. The second kappa shape index (κ2) is 6.38. The van der Waals surface area contributed by atoms with Crippen LogP contribution in [0.15, 0.2) is 28.1 Å². The van der Waals surface area contributed by atoms with Crippen LogP contribution in [0.3, 0.4) is 0 Å². The minimum absolute atomic E-state index is 0.0864. The average Bonchev–Trinajstić information content (AvgIpc) is 3.06. The second-order valence-electron chi connectivity index (χ2n) is 5.42. The summed E-state index contributed by atoms with van der Waals surface area (Å²) in [7, 11) is 1.64.